The van der Waals surface area contributed by atoms with Crippen LogP contribution < -0.4 is 16.0 Å². The molecule has 0 aliphatic heterocycles. The number of para-hydroxylation sites is 1. The first-order chi connectivity index (χ1) is 10.0. The highest BCUT2D eigenvalue weighted by atomic mass is 35.5. The molecule has 0 atom stereocenters. The topological polar surface area (TPSA) is 71.2 Å². The fraction of sp³-hybridized carbons (Fsp3) is 0.286. The Hall–Kier alpha value is -1.79. The summed E-state index contributed by atoms with van der Waals surface area (Å²) in [4.78, 5) is 18.9. The molecule has 3 N–H and O–H groups in total. The molecule has 1 aromatic carbocycles. The zero-order valence-corrected chi connectivity index (χ0v) is 13.5. The molecule has 2 aromatic rings. The number of carbonyl (C=O) groups excluding carboxylic acids is 1. The van der Waals surface area contributed by atoms with Crippen molar-refractivity contribution in [2.45, 2.75) is 13.3 Å². The van der Waals surface area contributed by atoms with Gasteiger partial charge in [0.2, 0.25) is 0 Å². The Morgan fingerprint density at radius 1 is 1.48 bits per heavy atom. The Labute approximate surface area is 132 Å². The van der Waals surface area contributed by atoms with Crippen molar-refractivity contribution in [3.63, 3.8) is 0 Å². The number of rotatable bonds is 5. The van der Waals surface area contributed by atoms with Crippen molar-refractivity contribution in [2.24, 2.45) is 0 Å². The van der Waals surface area contributed by atoms with Crippen LogP contribution in [-0.2, 0) is 0 Å². The number of hydrogen-bond donors (Lipinski definition) is 2. The Balaban J connectivity index is 2.18. The minimum Gasteiger partial charge on any atom is -0.382 e. The maximum absolute atomic E-state index is 12.3. The molecule has 0 saturated heterocycles. The molecule has 0 aliphatic rings. The molecule has 0 radical (unpaired) electrons. The third kappa shape index (κ3) is 3.65. The smallest absolute Gasteiger partial charge is 0.269 e. The van der Waals surface area contributed by atoms with E-state index in [1.165, 1.54) is 11.3 Å². The summed E-state index contributed by atoms with van der Waals surface area (Å²) < 4.78 is 0. The summed E-state index contributed by atoms with van der Waals surface area (Å²) >= 11 is 7.30. The highest BCUT2D eigenvalue weighted by Crippen LogP contribution is 2.29. The van der Waals surface area contributed by atoms with E-state index in [1.807, 2.05) is 11.9 Å². The maximum atomic E-state index is 12.3. The summed E-state index contributed by atoms with van der Waals surface area (Å²) in [6.45, 7) is 2.94. The molecule has 0 unspecified atom stereocenters. The Morgan fingerprint density at radius 3 is 2.86 bits per heavy atom. The van der Waals surface area contributed by atoms with Crippen molar-refractivity contribution >= 4 is 45.5 Å². The summed E-state index contributed by atoms with van der Waals surface area (Å²) in [5, 5.41) is 3.97. The molecular weight excluding hydrogens is 308 g/mol. The number of carbonyl (C=O) groups is 1. The number of nitrogen functional groups attached to an aromatic ring is 1. The molecule has 0 spiro atoms. The molecule has 0 saturated carbocycles. The monoisotopic (exact) mass is 324 g/mol. The van der Waals surface area contributed by atoms with Crippen molar-refractivity contribution in [1.29, 1.82) is 0 Å². The average molecular weight is 325 g/mol. The van der Waals surface area contributed by atoms with E-state index in [4.69, 9.17) is 17.3 Å². The SMILES string of the molecule is CCCN(C)c1nc(N)c(C(=O)Nc2ccccc2Cl)s1. The van der Waals surface area contributed by atoms with Crippen LogP contribution in [0.25, 0.3) is 0 Å². The number of amides is 1. The third-order valence-electron chi connectivity index (χ3n) is 2.86. The summed E-state index contributed by atoms with van der Waals surface area (Å²) in [7, 11) is 1.93. The first kappa shape index (κ1) is 15.6. The minimum absolute atomic E-state index is 0.238. The summed E-state index contributed by atoms with van der Waals surface area (Å²) in [6, 6.07) is 7.06. The van der Waals surface area contributed by atoms with E-state index in [2.05, 4.69) is 17.2 Å². The summed E-state index contributed by atoms with van der Waals surface area (Å²) in [5.74, 6) is -0.0586. The van der Waals surface area contributed by atoms with E-state index in [9.17, 15) is 4.79 Å². The lowest BCUT2D eigenvalue weighted by Crippen LogP contribution is -2.17. The van der Waals surface area contributed by atoms with Gasteiger partial charge in [-0.25, -0.2) is 4.98 Å². The Morgan fingerprint density at radius 2 is 2.19 bits per heavy atom. The largest absolute Gasteiger partial charge is 0.382 e. The number of hydrogen-bond acceptors (Lipinski definition) is 5. The van der Waals surface area contributed by atoms with Crippen LogP contribution in [0.1, 0.15) is 23.0 Å². The number of nitrogens with one attached hydrogen (secondary N) is 1. The number of anilines is 3. The molecule has 0 fully saturated rings. The lowest BCUT2D eigenvalue weighted by molar-refractivity contribution is 0.103. The zero-order valence-electron chi connectivity index (χ0n) is 11.9. The van der Waals surface area contributed by atoms with Gasteiger partial charge in [-0.15, -0.1) is 0 Å². The first-order valence-electron chi connectivity index (χ1n) is 6.56. The lowest BCUT2D eigenvalue weighted by atomic mass is 10.3. The van der Waals surface area contributed by atoms with Crippen LogP contribution in [0.4, 0.5) is 16.6 Å². The van der Waals surface area contributed by atoms with Crippen LogP contribution in [0.2, 0.25) is 5.02 Å². The predicted octanol–water partition coefficient (Wildman–Crippen LogP) is 3.48. The van der Waals surface area contributed by atoms with Gasteiger partial charge in [-0.1, -0.05) is 42.0 Å². The highest BCUT2D eigenvalue weighted by Gasteiger charge is 2.18. The second-order valence-corrected chi connectivity index (χ2v) is 5.95. The summed E-state index contributed by atoms with van der Waals surface area (Å²) in [6.07, 6.45) is 0.997. The van der Waals surface area contributed by atoms with Crippen LogP contribution in [0.3, 0.4) is 0 Å². The molecule has 1 aromatic heterocycles. The van der Waals surface area contributed by atoms with Crippen LogP contribution in [0, 0.1) is 0 Å². The number of aromatic nitrogens is 1. The molecule has 21 heavy (non-hydrogen) atoms. The number of nitrogens with two attached hydrogens (primary N) is 1. The van der Waals surface area contributed by atoms with Gasteiger partial charge >= 0.3 is 0 Å². The number of benzene rings is 1. The molecule has 5 nitrogen and oxygen atoms in total. The molecular formula is C14H17ClN4OS. The molecule has 112 valence electrons. The fourth-order valence-electron chi connectivity index (χ4n) is 1.82. The van der Waals surface area contributed by atoms with E-state index < -0.39 is 0 Å². The van der Waals surface area contributed by atoms with Crippen molar-refractivity contribution in [2.75, 3.05) is 29.5 Å². The fourth-order valence-corrected chi connectivity index (χ4v) is 2.87. The standard InChI is InChI=1S/C14H17ClN4OS/c1-3-8-19(2)14-18-12(16)11(21-14)13(20)17-10-7-5-4-6-9(10)15/h4-7H,3,8,16H2,1-2H3,(H,17,20). The zero-order chi connectivity index (χ0) is 15.4. The Kier molecular flexibility index (Phi) is 5.03. The average Bonchev–Trinajstić information content (AvgIpc) is 2.84. The van der Waals surface area contributed by atoms with E-state index in [1.54, 1.807) is 24.3 Å². The second kappa shape index (κ2) is 6.78. The molecule has 0 bridgehead atoms. The highest BCUT2D eigenvalue weighted by molar-refractivity contribution is 7.18. The number of nitrogens with zero attached hydrogens (tertiary/aromatic N) is 2. The van der Waals surface area contributed by atoms with Gasteiger partial charge in [0.25, 0.3) is 5.91 Å². The van der Waals surface area contributed by atoms with Crippen LogP contribution in [0.5, 0.6) is 0 Å². The second-order valence-electron chi connectivity index (χ2n) is 4.57. The van der Waals surface area contributed by atoms with Gasteiger partial charge in [-0.05, 0) is 18.6 Å². The quantitative estimate of drug-likeness (QED) is 0.883. The molecule has 2 rings (SSSR count). The molecule has 7 heteroatoms. The predicted molar refractivity (Wildman–Crippen MR) is 89.5 cm³/mol. The minimum atomic E-state index is -0.297. The maximum Gasteiger partial charge on any atom is 0.269 e. The lowest BCUT2D eigenvalue weighted by Gasteiger charge is -2.13. The van der Waals surface area contributed by atoms with E-state index >= 15 is 0 Å². The molecule has 0 aliphatic carbocycles. The number of thiazole rings is 1. The normalized spacial score (nSPS) is 10.4. The van der Waals surface area contributed by atoms with Gasteiger partial charge < -0.3 is 16.0 Å². The third-order valence-corrected chi connectivity index (χ3v) is 4.37. The van der Waals surface area contributed by atoms with Crippen molar-refractivity contribution in [3.8, 4) is 0 Å². The first-order valence-corrected chi connectivity index (χ1v) is 7.75. The number of halogens is 1. The van der Waals surface area contributed by atoms with Crippen molar-refractivity contribution in [3.05, 3.63) is 34.2 Å². The van der Waals surface area contributed by atoms with Gasteiger partial charge in [0, 0.05) is 13.6 Å². The van der Waals surface area contributed by atoms with Crippen LogP contribution in [0.15, 0.2) is 24.3 Å². The molecule has 1 heterocycles. The van der Waals surface area contributed by atoms with Gasteiger partial charge in [0.05, 0.1) is 10.7 Å². The van der Waals surface area contributed by atoms with Gasteiger partial charge in [0.15, 0.2) is 5.13 Å². The Bertz CT molecular complexity index is 644. The van der Waals surface area contributed by atoms with E-state index in [0.29, 0.717) is 15.6 Å². The van der Waals surface area contributed by atoms with Gasteiger partial charge in [0.1, 0.15) is 10.7 Å². The van der Waals surface area contributed by atoms with Crippen LogP contribution in [-0.4, -0.2) is 24.5 Å². The van der Waals surface area contributed by atoms with E-state index in [-0.39, 0.29) is 11.7 Å². The van der Waals surface area contributed by atoms with Crippen LogP contribution >= 0.6 is 22.9 Å². The van der Waals surface area contributed by atoms with Gasteiger partial charge in [-0.3, -0.25) is 4.79 Å². The van der Waals surface area contributed by atoms with E-state index in [0.717, 1.165) is 18.1 Å². The van der Waals surface area contributed by atoms with Crippen molar-refractivity contribution < 1.29 is 4.79 Å². The molecule has 1 amide bonds. The van der Waals surface area contributed by atoms with Gasteiger partial charge in [-0.2, -0.15) is 0 Å². The summed E-state index contributed by atoms with van der Waals surface area (Å²) in [5.41, 5.74) is 6.40. The van der Waals surface area contributed by atoms with Crippen molar-refractivity contribution in [1.82, 2.24) is 4.98 Å².